The number of carbonyl (C=O) groups excluding carboxylic acids is 2. The van der Waals surface area contributed by atoms with E-state index in [9.17, 15) is 18.0 Å². The van der Waals surface area contributed by atoms with E-state index in [-0.39, 0.29) is 17.6 Å². The van der Waals surface area contributed by atoms with Crippen molar-refractivity contribution in [2.75, 3.05) is 26.0 Å². The Morgan fingerprint density at radius 3 is 2.32 bits per heavy atom. The number of rotatable bonds is 6. The van der Waals surface area contributed by atoms with Gasteiger partial charge in [0, 0.05) is 25.6 Å². The Morgan fingerprint density at radius 2 is 1.80 bits per heavy atom. The molecule has 1 aliphatic heterocycles. The van der Waals surface area contributed by atoms with Crippen LogP contribution in [0, 0.1) is 5.92 Å². The van der Waals surface area contributed by atoms with E-state index in [0.717, 1.165) is 5.56 Å². The Kier molecular flexibility index (Phi) is 6.55. The second kappa shape index (κ2) is 8.44. The molecule has 2 rings (SSSR count). The summed E-state index contributed by atoms with van der Waals surface area (Å²) in [6.45, 7) is 2.78. The minimum Gasteiger partial charge on any atom is -0.465 e. The Bertz CT molecular complexity index is 707. The topological polar surface area (TPSA) is 92.8 Å². The summed E-state index contributed by atoms with van der Waals surface area (Å²) in [4.78, 5) is 23.6. The lowest BCUT2D eigenvalue weighted by atomic mass is 9.97. The van der Waals surface area contributed by atoms with Crippen molar-refractivity contribution in [3.63, 3.8) is 0 Å². The van der Waals surface area contributed by atoms with Gasteiger partial charge in [-0.05, 0) is 37.5 Å². The van der Waals surface area contributed by atoms with Crippen LogP contribution in [0.2, 0.25) is 0 Å². The third-order valence-corrected chi connectivity index (χ3v) is 6.31. The standard InChI is InChI=1S/C17H24N2O5S/c1-3-25(22,23)19-10-8-14(9-11-19)16(20)18-12-13-4-6-15(7-5-13)17(21)24-2/h4-7,14H,3,8-12H2,1-2H3,(H,18,20). The summed E-state index contributed by atoms with van der Waals surface area (Å²) in [5.74, 6) is -0.543. The fourth-order valence-corrected chi connectivity index (χ4v) is 3.92. The van der Waals surface area contributed by atoms with Crippen LogP contribution in [0.25, 0.3) is 0 Å². The zero-order valence-corrected chi connectivity index (χ0v) is 15.3. The fourth-order valence-electron chi connectivity index (χ4n) is 2.79. The molecule has 1 heterocycles. The molecule has 1 aromatic carbocycles. The maximum absolute atomic E-state index is 12.3. The molecule has 0 spiro atoms. The van der Waals surface area contributed by atoms with Crippen LogP contribution in [0.4, 0.5) is 0 Å². The SMILES string of the molecule is CCS(=O)(=O)N1CCC(C(=O)NCc2ccc(C(=O)OC)cc2)CC1. The Labute approximate surface area is 148 Å². The second-order valence-electron chi connectivity index (χ2n) is 5.98. The van der Waals surface area contributed by atoms with Crippen LogP contribution < -0.4 is 5.32 Å². The van der Waals surface area contributed by atoms with Crippen LogP contribution in [0.15, 0.2) is 24.3 Å². The van der Waals surface area contributed by atoms with Gasteiger partial charge in [0.05, 0.1) is 18.4 Å². The molecule has 0 aliphatic carbocycles. The highest BCUT2D eigenvalue weighted by Crippen LogP contribution is 2.20. The maximum atomic E-state index is 12.3. The van der Waals surface area contributed by atoms with Crippen molar-refractivity contribution in [3.05, 3.63) is 35.4 Å². The van der Waals surface area contributed by atoms with Gasteiger partial charge in [-0.15, -0.1) is 0 Å². The van der Waals surface area contributed by atoms with E-state index in [1.165, 1.54) is 11.4 Å². The molecule has 8 heteroatoms. The van der Waals surface area contributed by atoms with Crippen LogP contribution in [0.5, 0.6) is 0 Å². The number of amides is 1. The van der Waals surface area contributed by atoms with E-state index in [1.807, 2.05) is 0 Å². The van der Waals surface area contributed by atoms with Gasteiger partial charge < -0.3 is 10.1 Å². The zero-order valence-electron chi connectivity index (χ0n) is 14.5. The highest BCUT2D eigenvalue weighted by molar-refractivity contribution is 7.89. The van der Waals surface area contributed by atoms with Crippen molar-refractivity contribution in [3.8, 4) is 0 Å². The zero-order chi connectivity index (χ0) is 18.4. The quantitative estimate of drug-likeness (QED) is 0.761. The molecule has 0 bridgehead atoms. The average Bonchev–Trinajstić information content (AvgIpc) is 2.66. The largest absolute Gasteiger partial charge is 0.465 e. The lowest BCUT2D eigenvalue weighted by Gasteiger charge is -2.30. The number of methoxy groups -OCH3 is 1. The molecule has 0 aromatic heterocycles. The monoisotopic (exact) mass is 368 g/mol. The van der Waals surface area contributed by atoms with Gasteiger partial charge in [-0.2, -0.15) is 0 Å². The Hall–Kier alpha value is -1.93. The van der Waals surface area contributed by atoms with E-state index in [4.69, 9.17) is 0 Å². The van der Waals surface area contributed by atoms with Gasteiger partial charge in [-0.3, -0.25) is 4.79 Å². The minimum absolute atomic E-state index is 0.0643. The van der Waals surface area contributed by atoms with E-state index in [1.54, 1.807) is 31.2 Å². The van der Waals surface area contributed by atoms with Gasteiger partial charge in [0.1, 0.15) is 0 Å². The highest BCUT2D eigenvalue weighted by atomic mass is 32.2. The first-order valence-electron chi connectivity index (χ1n) is 8.30. The number of piperidine rings is 1. The number of benzene rings is 1. The number of sulfonamides is 1. The lowest BCUT2D eigenvalue weighted by Crippen LogP contribution is -2.43. The normalized spacial score (nSPS) is 16.4. The molecule has 1 fully saturated rings. The average molecular weight is 368 g/mol. The fraction of sp³-hybridized carbons (Fsp3) is 0.529. The Morgan fingerprint density at radius 1 is 1.20 bits per heavy atom. The molecular formula is C17H24N2O5S. The number of nitrogens with one attached hydrogen (secondary N) is 1. The van der Waals surface area contributed by atoms with Crippen LogP contribution >= 0.6 is 0 Å². The summed E-state index contributed by atoms with van der Waals surface area (Å²) in [6, 6.07) is 6.84. The molecule has 0 saturated carbocycles. The molecule has 1 aromatic rings. The van der Waals surface area contributed by atoms with Crippen molar-refractivity contribution < 1.29 is 22.7 Å². The molecular weight excluding hydrogens is 344 g/mol. The van der Waals surface area contributed by atoms with Crippen molar-refractivity contribution in [2.45, 2.75) is 26.3 Å². The van der Waals surface area contributed by atoms with Gasteiger partial charge in [0.15, 0.2) is 0 Å². The maximum Gasteiger partial charge on any atom is 0.337 e. The van der Waals surface area contributed by atoms with E-state index in [0.29, 0.717) is 38.0 Å². The molecule has 7 nitrogen and oxygen atoms in total. The smallest absolute Gasteiger partial charge is 0.337 e. The molecule has 0 radical (unpaired) electrons. The molecule has 0 atom stereocenters. The molecule has 1 saturated heterocycles. The number of ether oxygens (including phenoxy) is 1. The first-order chi connectivity index (χ1) is 11.9. The van der Waals surface area contributed by atoms with Crippen LogP contribution in [-0.4, -0.2) is 50.6 Å². The summed E-state index contributed by atoms with van der Waals surface area (Å²) in [6.07, 6.45) is 1.07. The number of hydrogen-bond donors (Lipinski definition) is 1. The molecule has 1 N–H and O–H groups in total. The Balaban J connectivity index is 1.82. The van der Waals surface area contributed by atoms with Gasteiger partial charge in [-0.1, -0.05) is 12.1 Å². The molecule has 138 valence electrons. The third kappa shape index (κ3) is 5.02. The molecule has 1 aliphatic rings. The summed E-state index contributed by atoms with van der Waals surface area (Å²) in [7, 11) is -1.85. The number of esters is 1. The minimum atomic E-state index is -3.18. The van der Waals surface area contributed by atoms with Gasteiger partial charge in [-0.25, -0.2) is 17.5 Å². The van der Waals surface area contributed by atoms with Crippen LogP contribution in [0.3, 0.4) is 0 Å². The van der Waals surface area contributed by atoms with Crippen molar-refractivity contribution in [1.82, 2.24) is 9.62 Å². The van der Waals surface area contributed by atoms with Gasteiger partial charge in [0.2, 0.25) is 15.9 Å². The van der Waals surface area contributed by atoms with Gasteiger partial charge >= 0.3 is 5.97 Å². The number of nitrogens with zero attached hydrogens (tertiary/aromatic N) is 1. The molecule has 1 amide bonds. The highest BCUT2D eigenvalue weighted by Gasteiger charge is 2.29. The van der Waals surface area contributed by atoms with E-state index >= 15 is 0 Å². The van der Waals surface area contributed by atoms with Crippen molar-refractivity contribution in [2.24, 2.45) is 5.92 Å². The number of hydrogen-bond acceptors (Lipinski definition) is 5. The predicted molar refractivity (Wildman–Crippen MR) is 93.4 cm³/mol. The predicted octanol–water partition coefficient (Wildman–Crippen LogP) is 1.15. The summed E-state index contributed by atoms with van der Waals surface area (Å²) < 4.78 is 29.8. The summed E-state index contributed by atoms with van der Waals surface area (Å²) in [5.41, 5.74) is 1.34. The van der Waals surface area contributed by atoms with E-state index in [2.05, 4.69) is 10.1 Å². The number of carbonyl (C=O) groups is 2. The summed E-state index contributed by atoms with van der Waals surface area (Å²) in [5, 5.41) is 2.88. The first-order valence-corrected chi connectivity index (χ1v) is 9.91. The third-order valence-electron chi connectivity index (χ3n) is 4.42. The molecule has 25 heavy (non-hydrogen) atoms. The van der Waals surface area contributed by atoms with E-state index < -0.39 is 16.0 Å². The van der Waals surface area contributed by atoms with Crippen LogP contribution in [0.1, 0.15) is 35.7 Å². The lowest BCUT2D eigenvalue weighted by molar-refractivity contribution is -0.126. The summed E-state index contributed by atoms with van der Waals surface area (Å²) >= 11 is 0. The molecule has 0 unspecified atom stereocenters. The van der Waals surface area contributed by atoms with Crippen molar-refractivity contribution in [1.29, 1.82) is 0 Å². The van der Waals surface area contributed by atoms with Crippen molar-refractivity contribution >= 4 is 21.9 Å². The van der Waals surface area contributed by atoms with Crippen LogP contribution in [-0.2, 0) is 26.1 Å². The first kappa shape index (κ1) is 19.4. The second-order valence-corrected chi connectivity index (χ2v) is 8.24. The van der Waals surface area contributed by atoms with Gasteiger partial charge in [0.25, 0.3) is 0 Å².